The number of anilines is 1. The molecule has 0 saturated carbocycles. The van der Waals surface area contributed by atoms with Gasteiger partial charge in [-0.1, -0.05) is 25.5 Å². The first kappa shape index (κ1) is 17.6. The van der Waals surface area contributed by atoms with E-state index in [1.807, 2.05) is 29.8 Å². The predicted octanol–water partition coefficient (Wildman–Crippen LogP) is 1.79. The fourth-order valence-electron chi connectivity index (χ4n) is 1.48. The first-order chi connectivity index (χ1) is 9.94. The van der Waals surface area contributed by atoms with E-state index in [0.717, 1.165) is 17.7 Å². The van der Waals surface area contributed by atoms with E-state index in [9.17, 15) is 13.2 Å². The number of amides is 2. The smallest absolute Gasteiger partial charge is 0.328 e. The maximum absolute atomic E-state index is 11.7. The van der Waals surface area contributed by atoms with Gasteiger partial charge in [0, 0.05) is 22.9 Å². The van der Waals surface area contributed by atoms with E-state index in [-0.39, 0.29) is 5.75 Å². The standard InChI is InChI=1S/C13H21N3O3S2/c1-2-3-8-15-13(17)16-21(18,19)10-9-20-12-7-5-4-6-11(12)14/h4-7H,2-3,8-10,14H2,1H3,(H2,15,16,17). The van der Waals surface area contributed by atoms with E-state index in [2.05, 4.69) is 5.32 Å². The number of thioether (sulfide) groups is 1. The Bertz CT molecular complexity index is 562. The Labute approximate surface area is 129 Å². The van der Waals surface area contributed by atoms with Gasteiger partial charge in [-0.25, -0.2) is 17.9 Å². The third kappa shape index (κ3) is 7.24. The summed E-state index contributed by atoms with van der Waals surface area (Å²) in [4.78, 5) is 12.2. The first-order valence-corrected chi connectivity index (χ1v) is 9.34. The van der Waals surface area contributed by atoms with Gasteiger partial charge in [-0.2, -0.15) is 0 Å². The van der Waals surface area contributed by atoms with Gasteiger partial charge in [0.25, 0.3) is 0 Å². The molecule has 6 nitrogen and oxygen atoms in total. The van der Waals surface area contributed by atoms with Crippen molar-refractivity contribution in [1.29, 1.82) is 0 Å². The van der Waals surface area contributed by atoms with Gasteiger partial charge in [0.2, 0.25) is 10.0 Å². The Balaban J connectivity index is 2.36. The molecule has 1 aromatic rings. The fraction of sp³-hybridized carbons (Fsp3) is 0.462. The van der Waals surface area contributed by atoms with Gasteiger partial charge in [0.05, 0.1) is 5.75 Å². The lowest BCUT2D eigenvalue weighted by molar-refractivity contribution is 0.245. The van der Waals surface area contributed by atoms with Crippen LogP contribution in [0.1, 0.15) is 19.8 Å². The number of carbonyl (C=O) groups is 1. The van der Waals surface area contributed by atoms with Crippen molar-refractivity contribution >= 4 is 33.5 Å². The van der Waals surface area contributed by atoms with E-state index in [4.69, 9.17) is 5.73 Å². The van der Waals surface area contributed by atoms with Gasteiger partial charge in [0.15, 0.2) is 0 Å². The molecule has 0 aliphatic carbocycles. The number of nitrogen functional groups attached to an aromatic ring is 1. The van der Waals surface area contributed by atoms with Crippen LogP contribution in [0.15, 0.2) is 29.2 Å². The Kier molecular flexibility index (Phi) is 7.38. The quantitative estimate of drug-likeness (QED) is 0.383. The Morgan fingerprint density at radius 2 is 2.05 bits per heavy atom. The molecule has 0 aliphatic heterocycles. The van der Waals surface area contributed by atoms with Crippen molar-refractivity contribution < 1.29 is 13.2 Å². The molecule has 0 heterocycles. The van der Waals surface area contributed by atoms with E-state index >= 15 is 0 Å². The highest BCUT2D eigenvalue weighted by molar-refractivity contribution is 8.00. The van der Waals surface area contributed by atoms with E-state index in [1.165, 1.54) is 11.8 Å². The van der Waals surface area contributed by atoms with Crippen LogP contribution in [-0.4, -0.2) is 32.5 Å². The molecule has 0 aromatic heterocycles. The number of nitrogens with one attached hydrogen (secondary N) is 2. The summed E-state index contributed by atoms with van der Waals surface area (Å²) in [7, 11) is -3.62. The monoisotopic (exact) mass is 331 g/mol. The molecule has 21 heavy (non-hydrogen) atoms. The van der Waals surface area contributed by atoms with Crippen LogP contribution in [0, 0.1) is 0 Å². The molecular formula is C13H21N3O3S2. The third-order valence-electron chi connectivity index (χ3n) is 2.59. The summed E-state index contributed by atoms with van der Waals surface area (Å²) in [6.07, 6.45) is 1.75. The highest BCUT2D eigenvalue weighted by atomic mass is 32.2. The number of rotatable bonds is 8. The maximum atomic E-state index is 11.7. The number of urea groups is 1. The van der Waals surface area contributed by atoms with Gasteiger partial charge in [-0.05, 0) is 18.6 Å². The zero-order valence-corrected chi connectivity index (χ0v) is 13.6. The van der Waals surface area contributed by atoms with Crippen LogP contribution in [0.3, 0.4) is 0 Å². The number of hydrogen-bond donors (Lipinski definition) is 3. The number of carbonyl (C=O) groups excluding carboxylic acids is 1. The predicted molar refractivity (Wildman–Crippen MR) is 86.8 cm³/mol. The molecule has 0 spiro atoms. The minimum Gasteiger partial charge on any atom is -0.398 e. The lowest BCUT2D eigenvalue weighted by atomic mass is 10.3. The second-order valence-corrected chi connectivity index (χ2v) is 7.40. The molecular weight excluding hydrogens is 310 g/mol. The van der Waals surface area contributed by atoms with Crippen LogP contribution in [0.2, 0.25) is 0 Å². The second kappa shape index (κ2) is 8.78. The number of para-hydroxylation sites is 1. The third-order valence-corrected chi connectivity index (χ3v) is 5.18. The van der Waals surface area contributed by atoms with Crippen LogP contribution in [0.25, 0.3) is 0 Å². The number of nitrogens with two attached hydrogens (primary N) is 1. The molecule has 0 bridgehead atoms. The Morgan fingerprint density at radius 1 is 1.33 bits per heavy atom. The molecule has 0 fully saturated rings. The number of sulfonamides is 1. The van der Waals surface area contributed by atoms with Crippen LogP contribution < -0.4 is 15.8 Å². The molecule has 8 heteroatoms. The lowest BCUT2D eigenvalue weighted by Gasteiger charge is -2.08. The number of hydrogen-bond acceptors (Lipinski definition) is 5. The van der Waals surface area contributed by atoms with Gasteiger partial charge in [-0.15, -0.1) is 11.8 Å². The largest absolute Gasteiger partial charge is 0.398 e. The normalized spacial score (nSPS) is 11.1. The first-order valence-electron chi connectivity index (χ1n) is 6.70. The SMILES string of the molecule is CCCCNC(=O)NS(=O)(=O)CCSc1ccccc1N. The highest BCUT2D eigenvalue weighted by Gasteiger charge is 2.14. The molecule has 1 aromatic carbocycles. The van der Waals surface area contributed by atoms with E-state index < -0.39 is 16.1 Å². The Morgan fingerprint density at radius 3 is 2.71 bits per heavy atom. The maximum Gasteiger partial charge on any atom is 0.328 e. The van der Waals surface area contributed by atoms with Crippen LogP contribution >= 0.6 is 11.8 Å². The number of unbranched alkanes of at least 4 members (excludes halogenated alkanes) is 1. The summed E-state index contributed by atoms with van der Waals surface area (Å²) in [5.41, 5.74) is 6.39. The molecule has 0 atom stereocenters. The minimum atomic E-state index is -3.62. The molecule has 118 valence electrons. The van der Waals surface area contributed by atoms with E-state index in [0.29, 0.717) is 18.0 Å². The average molecular weight is 331 g/mol. The lowest BCUT2D eigenvalue weighted by Crippen LogP contribution is -2.41. The van der Waals surface area contributed by atoms with Crippen molar-refractivity contribution in [3.05, 3.63) is 24.3 Å². The molecule has 4 N–H and O–H groups in total. The molecule has 0 unspecified atom stereocenters. The van der Waals surface area contributed by atoms with Crippen LogP contribution in [0.4, 0.5) is 10.5 Å². The fourth-order valence-corrected chi connectivity index (χ4v) is 3.78. The summed E-state index contributed by atoms with van der Waals surface area (Å²) in [5, 5.41) is 2.50. The molecule has 0 radical (unpaired) electrons. The summed E-state index contributed by atoms with van der Waals surface area (Å²) >= 11 is 1.35. The molecule has 0 saturated heterocycles. The van der Waals surface area contributed by atoms with Gasteiger partial charge >= 0.3 is 6.03 Å². The average Bonchev–Trinajstić information content (AvgIpc) is 2.40. The van der Waals surface area contributed by atoms with Crippen LogP contribution in [0.5, 0.6) is 0 Å². The minimum absolute atomic E-state index is 0.146. The van der Waals surface area contributed by atoms with Crippen molar-refractivity contribution in [1.82, 2.24) is 10.0 Å². The van der Waals surface area contributed by atoms with Crippen LogP contribution in [-0.2, 0) is 10.0 Å². The molecule has 1 rings (SSSR count). The van der Waals surface area contributed by atoms with Crippen molar-refractivity contribution in [3.8, 4) is 0 Å². The Hall–Kier alpha value is -1.41. The summed E-state index contributed by atoms with van der Waals surface area (Å²) in [6.45, 7) is 2.45. The summed E-state index contributed by atoms with van der Waals surface area (Å²) in [6, 6.07) is 6.58. The second-order valence-electron chi connectivity index (χ2n) is 4.42. The van der Waals surface area contributed by atoms with Crippen molar-refractivity contribution in [2.45, 2.75) is 24.7 Å². The van der Waals surface area contributed by atoms with Gasteiger partial charge in [0.1, 0.15) is 0 Å². The van der Waals surface area contributed by atoms with Gasteiger partial charge < -0.3 is 11.1 Å². The van der Waals surface area contributed by atoms with E-state index in [1.54, 1.807) is 6.07 Å². The highest BCUT2D eigenvalue weighted by Crippen LogP contribution is 2.24. The van der Waals surface area contributed by atoms with Crippen molar-refractivity contribution in [2.75, 3.05) is 23.8 Å². The van der Waals surface area contributed by atoms with Gasteiger partial charge in [-0.3, -0.25) is 0 Å². The molecule has 2 amide bonds. The van der Waals surface area contributed by atoms with Crippen molar-refractivity contribution in [2.24, 2.45) is 0 Å². The van der Waals surface area contributed by atoms with Crippen molar-refractivity contribution in [3.63, 3.8) is 0 Å². The topological polar surface area (TPSA) is 101 Å². The summed E-state index contributed by atoms with van der Waals surface area (Å²) in [5.74, 6) is 0.180. The zero-order valence-electron chi connectivity index (χ0n) is 12.0. The molecule has 0 aliphatic rings. The summed E-state index contributed by atoms with van der Waals surface area (Å²) < 4.78 is 25.5. The number of benzene rings is 1. The zero-order chi connectivity index (χ0) is 15.7.